The van der Waals surface area contributed by atoms with E-state index in [1.165, 1.54) is 0 Å². The second-order valence-corrected chi connectivity index (χ2v) is 6.83. The molecule has 0 atom stereocenters. The number of amides is 2. The van der Waals surface area contributed by atoms with Crippen LogP contribution in [0.3, 0.4) is 0 Å². The van der Waals surface area contributed by atoms with Crippen LogP contribution in [0.25, 0.3) is 10.1 Å². The van der Waals surface area contributed by atoms with Gasteiger partial charge in [0, 0.05) is 27.7 Å². The number of benzene rings is 1. The maximum Gasteiger partial charge on any atom is 0.295 e. The molecule has 3 heterocycles. The normalized spacial score (nSPS) is 14.2. The van der Waals surface area contributed by atoms with Gasteiger partial charge in [0.2, 0.25) is 0 Å². The SMILES string of the molecule is O=C(NO)c1cc2n(n1)CN(C(=O)c1csc3ccccc13)CCC2. The molecule has 1 aliphatic rings. The zero-order valence-corrected chi connectivity index (χ0v) is 14.1. The van der Waals surface area contributed by atoms with Crippen molar-refractivity contribution in [2.75, 3.05) is 6.54 Å². The highest BCUT2D eigenvalue weighted by molar-refractivity contribution is 7.17. The van der Waals surface area contributed by atoms with Crippen molar-refractivity contribution in [3.05, 3.63) is 52.7 Å². The molecule has 128 valence electrons. The first kappa shape index (κ1) is 15.8. The number of hydrogen-bond acceptors (Lipinski definition) is 5. The predicted molar refractivity (Wildman–Crippen MR) is 92.7 cm³/mol. The summed E-state index contributed by atoms with van der Waals surface area (Å²) in [6.07, 6.45) is 1.51. The van der Waals surface area contributed by atoms with Crippen LogP contribution in [0.5, 0.6) is 0 Å². The van der Waals surface area contributed by atoms with Gasteiger partial charge in [0.15, 0.2) is 5.69 Å². The third kappa shape index (κ3) is 2.79. The number of fused-ring (bicyclic) bond motifs is 2. The summed E-state index contributed by atoms with van der Waals surface area (Å²) in [5.74, 6) is -0.684. The van der Waals surface area contributed by atoms with Crippen molar-refractivity contribution in [3.63, 3.8) is 0 Å². The lowest BCUT2D eigenvalue weighted by Crippen LogP contribution is -2.33. The van der Waals surface area contributed by atoms with Crippen molar-refractivity contribution in [2.24, 2.45) is 0 Å². The molecular weight excluding hydrogens is 340 g/mol. The van der Waals surface area contributed by atoms with Gasteiger partial charge in [-0.3, -0.25) is 14.8 Å². The standard InChI is InChI=1S/C17H16N4O3S/c22-16(19-24)14-8-11-4-3-7-20(10-21(11)18-14)17(23)13-9-25-15-6-2-1-5-12(13)15/h1-2,5-6,8-9,24H,3-4,7,10H2,(H,19,22). The Morgan fingerprint density at radius 2 is 2.12 bits per heavy atom. The minimum Gasteiger partial charge on any atom is -0.319 e. The molecule has 0 aliphatic carbocycles. The largest absolute Gasteiger partial charge is 0.319 e. The number of carbonyl (C=O) groups is 2. The molecule has 0 saturated heterocycles. The third-order valence-electron chi connectivity index (χ3n) is 4.36. The number of nitrogens with one attached hydrogen (secondary N) is 1. The van der Waals surface area contributed by atoms with Crippen LogP contribution in [-0.4, -0.2) is 38.2 Å². The average molecular weight is 356 g/mol. The molecule has 0 unspecified atom stereocenters. The highest BCUT2D eigenvalue weighted by Crippen LogP contribution is 2.27. The predicted octanol–water partition coefficient (Wildman–Crippen LogP) is 2.26. The van der Waals surface area contributed by atoms with Gasteiger partial charge in [0.1, 0.15) is 6.67 Å². The van der Waals surface area contributed by atoms with E-state index in [1.807, 2.05) is 29.6 Å². The van der Waals surface area contributed by atoms with Crippen LogP contribution in [0.15, 0.2) is 35.7 Å². The number of aromatic nitrogens is 2. The Hall–Kier alpha value is -2.71. The van der Waals surface area contributed by atoms with E-state index < -0.39 is 5.91 Å². The van der Waals surface area contributed by atoms with Crippen LogP contribution in [0.2, 0.25) is 0 Å². The van der Waals surface area contributed by atoms with E-state index in [9.17, 15) is 9.59 Å². The first-order chi connectivity index (χ1) is 12.2. The van der Waals surface area contributed by atoms with Crippen LogP contribution in [0.4, 0.5) is 0 Å². The van der Waals surface area contributed by atoms with E-state index in [1.54, 1.807) is 32.5 Å². The number of aryl methyl sites for hydroxylation is 1. The molecule has 1 aliphatic heterocycles. The second kappa shape index (κ2) is 6.30. The Labute approximate surface area is 147 Å². The molecule has 1 aromatic carbocycles. The van der Waals surface area contributed by atoms with Gasteiger partial charge in [0.25, 0.3) is 11.8 Å². The van der Waals surface area contributed by atoms with Gasteiger partial charge in [-0.25, -0.2) is 10.2 Å². The van der Waals surface area contributed by atoms with E-state index in [2.05, 4.69) is 5.10 Å². The summed E-state index contributed by atoms with van der Waals surface area (Å²) in [6, 6.07) is 9.51. The molecular formula is C17H16N4O3S. The fourth-order valence-corrected chi connectivity index (χ4v) is 4.05. The van der Waals surface area contributed by atoms with E-state index in [4.69, 9.17) is 5.21 Å². The lowest BCUT2D eigenvalue weighted by Gasteiger charge is -2.20. The third-order valence-corrected chi connectivity index (χ3v) is 5.33. The molecule has 3 aromatic rings. The van der Waals surface area contributed by atoms with Gasteiger partial charge in [-0.1, -0.05) is 18.2 Å². The molecule has 8 heteroatoms. The molecule has 0 bridgehead atoms. The number of carbonyl (C=O) groups excluding carboxylic acids is 2. The lowest BCUT2D eigenvalue weighted by atomic mass is 10.1. The molecule has 2 N–H and O–H groups in total. The van der Waals surface area contributed by atoms with Crippen molar-refractivity contribution in [3.8, 4) is 0 Å². The maximum atomic E-state index is 13.0. The summed E-state index contributed by atoms with van der Waals surface area (Å²) >= 11 is 1.56. The monoisotopic (exact) mass is 356 g/mol. The number of thiophene rings is 1. The Balaban J connectivity index is 1.63. The summed E-state index contributed by atoms with van der Waals surface area (Å²) in [6.45, 7) is 0.922. The molecule has 0 saturated carbocycles. The van der Waals surface area contributed by atoms with E-state index >= 15 is 0 Å². The average Bonchev–Trinajstić information content (AvgIpc) is 3.19. The molecule has 7 nitrogen and oxygen atoms in total. The van der Waals surface area contributed by atoms with Gasteiger partial charge in [-0.05, 0) is 25.0 Å². The van der Waals surface area contributed by atoms with Gasteiger partial charge >= 0.3 is 0 Å². The first-order valence-electron chi connectivity index (χ1n) is 7.94. The zero-order chi connectivity index (χ0) is 17.4. The van der Waals surface area contributed by atoms with Crippen molar-refractivity contribution >= 4 is 33.2 Å². The summed E-state index contributed by atoms with van der Waals surface area (Å²) in [7, 11) is 0. The Bertz CT molecular complexity index is 962. The lowest BCUT2D eigenvalue weighted by molar-refractivity contribution is 0.0691. The van der Waals surface area contributed by atoms with Gasteiger partial charge < -0.3 is 4.90 Å². The van der Waals surface area contributed by atoms with E-state index in [0.717, 1.165) is 28.6 Å². The van der Waals surface area contributed by atoms with Crippen LogP contribution in [0, 0.1) is 0 Å². The number of rotatable bonds is 2. The number of hydroxylamine groups is 1. The van der Waals surface area contributed by atoms with Crippen LogP contribution in [-0.2, 0) is 13.1 Å². The van der Waals surface area contributed by atoms with Crippen molar-refractivity contribution in [1.82, 2.24) is 20.2 Å². The molecule has 0 fully saturated rings. The van der Waals surface area contributed by atoms with Crippen LogP contribution >= 0.6 is 11.3 Å². The topological polar surface area (TPSA) is 87.5 Å². The van der Waals surface area contributed by atoms with E-state index in [0.29, 0.717) is 12.1 Å². The molecule has 2 aromatic heterocycles. The number of hydrogen-bond donors (Lipinski definition) is 2. The molecule has 0 spiro atoms. The fourth-order valence-electron chi connectivity index (χ4n) is 3.11. The van der Waals surface area contributed by atoms with Crippen molar-refractivity contribution < 1.29 is 14.8 Å². The van der Waals surface area contributed by atoms with Crippen LogP contribution < -0.4 is 5.48 Å². The smallest absolute Gasteiger partial charge is 0.295 e. The van der Waals surface area contributed by atoms with Crippen LogP contribution in [0.1, 0.15) is 33.0 Å². The van der Waals surface area contributed by atoms with Gasteiger partial charge in [-0.2, -0.15) is 5.10 Å². The molecule has 0 radical (unpaired) electrons. The Kier molecular flexibility index (Phi) is 3.98. The molecule has 4 rings (SSSR count). The quantitative estimate of drug-likeness (QED) is 0.545. The zero-order valence-electron chi connectivity index (χ0n) is 13.3. The maximum absolute atomic E-state index is 13.0. The fraction of sp³-hybridized carbons (Fsp3) is 0.235. The van der Waals surface area contributed by atoms with Crippen molar-refractivity contribution in [1.29, 1.82) is 0 Å². The Morgan fingerprint density at radius 3 is 2.96 bits per heavy atom. The van der Waals surface area contributed by atoms with Gasteiger partial charge in [0.05, 0.1) is 5.56 Å². The highest BCUT2D eigenvalue weighted by atomic mass is 32.1. The second-order valence-electron chi connectivity index (χ2n) is 5.92. The summed E-state index contributed by atoms with van der Waals surface area (Å²) in [4.78, 5) is 26.3. The van der Waals surface area contributed by atoms with Crippen molar-refractivity contribution in [2.45, 2.75) is 19.5 Å². The molecule has 25 heavy (non-hydrogen) atoms. The summed E-state index contributed by atoms with van der Waals surface area (Å²) in [5.41, 5.74) is 3.31. The minimum atomic E-state index is -0.651. The first-order valence-corrected chi connectivity index (χ1v) is 8.82. The van der Waals surface area contributed by atoms with E-state index in [-0.39, 0.29) is 18.3 Å². The molecule has 2 amide bonds. The van der Waals surface area contributed by atoms with Gasteiger partial charge in [-0.15, -0.1) is 11.3 Å². The Morgan fingerprint density at radius 1 is 1.28 bits per heavy atom. The minimum absolute atomic E-state index is 0.0334. The summed E-state index contributed by atoms with van der Waals surface area (Å²) in [5, 5.41) is 15.8. The summed E-state index contributed by atoms with van der Waals surface area (Å²) < 4.78 is 2.74. The highest BCUT2D eigenvalue weighted by Gasteiger charge is 2.24. The number of nitrogens with zero attached hydrogens (tertiary/aromatic N) is 3.